The van der Waals surface area contributed by atoms with E-state index in [0.29, 0.717) is 6.54 Å². The molecule has 24 heavy (non-hydrogen) atoms. The molecule has 1 aliphatic carbocycles. The van der Waals surface area contributed by atoms with Gasteiger partial charge in [-0.15, -0.1) is 0 Å². The van der Waals surface area contributed by atoms with Gasteiger partial charge in [-0.05, 0) is 31.7 Å². The van der Waals surface area contributed by atoms with Crippen molar-refractivity contribution in [3.8, 4) is 0 Å². The van der Waals surface area contributed by atoms with Crippen molar-refractivity contribution >= 4 is 0 Å². The molecule has 1 aromatic carbocycles. The predicted octanol–water partition coefficient (Wildman–Crippen LogP) is 3.93. The first kappa shape index (κ1) is 17.2. The van der Waals surface area contributed by atoms with E-state index in [2.05, 4.69) is 41.5 Å². The molecule has 4 nitrogen and oxygen atoms in total. The number of aryl methyl sites for hydroxylation is 2. The van der Waals surface area contributed by atoms with Crippen LogP contribution >= 0.6 is 0 Å². The van der Waals surface area contributed by atoms with Crippen LogP contribution in [-0.2, 0) is 13.0 Å². The SMILES string of the molecule is CCCc1nc(C)c(CNC(c2ccccc2)C2(CO)CCC2)o1. The van der Waals surface area contributed by atoms with Crippen molar-refractivity contribution in [2.24, 2.45) is 5.41 Å². The zero-order chi connectivity index (χ0) is 17.0. The lowest BCUT2D eigenvalue weighted by Crippen LogP contribution is -2.45. The quantitative estimate of drug-likeness (QED) is 0.771. The number of aromatic nitrogens is 1. The predicted molar refractivity (Wildman–Crippen MR) is 94.6 cm³/mol. The van der Waals surface area contributed by atoms with Crippen LogP contribution in [0.3, 0.4) is 0 Å². The Labute approximate surface area is 144 Å². The average molecular weight is 328 g/mol. The van der Waals surface area contributed by atoms with Gasteiger partial charge in [0, 0.05) is 17.9 Å². The lowest BCUT2D eigenvalue weighted by molar-refractivity contribution is 0.00401. The number of rotatable bonds is 8. The summed E-state index contributed by atoms with van der Waals surface area (Å²) >= 11 is 0. The standard InChI is InChI=1S/C20H28N2O2/c1-3-8-18-22-15(2)17(24-18)13-21-19(16-9-5-4-6-10-16)20(14-23)11-7-12-20/h4-6,9-10,19,21,23H,3,7-8,11-14H2,1-2H3. The molecule has 1 atom stereocenters. The second kappa shape index (κ2) is 7.49. The highest BCUT2D eigenvalue weighted by molar-refractivity contribution is 5.23. The summed E-state index contributed by atoms with van der Waals surface area (Å²) < 4.78 is 5.90. The number of nitrogens with one attached hydrogen (secondary N) is 1. The highest BCUT2D eigenvalue weighted by Crippen LogP contribution is 2.50. The van der Waals surface area contributed by atoms with Gasteiger partial charge in [-0.25, -0.2) is 4.98 Å². The summed E-state index contributed by atoms with van der Waals surface area (Å²) in [6.07, 6.45) is 5.23. The van der Waals surface area contributed by atoms with Crippen molar-refractivity contribution < 1.29 is 9.52 Å². The van der Waals surface area contributed by atoms with Crippen LogP contribution < -0.4 is 5.32 Å². The van der Waals surface area contributed by atoms with Crippen molar-refractivity contribution in [2.75, 3.05) is 6.61 Å². The van der Waals surface area contributed by atoms with Gasteiger partial charge in [0.1, 0.15) is 5.76 Å². The van der Waals surface area contributed by atoms with E-state index >= 15 is 0 Å². The molecule has 0 aliphatic heterocycles. The molecule has 1 heterocycles. The van der Waals surface area contributed by atoms with Crippen molar-refractivity contribution in [1.29, 1.82) is 0 Å². The number of oxazole rings is 1. The third-order valence-electron chi connectivity index (χ3n) is 5.28. The van der Waals surface area contributed by atoms with Gasteiger partial charge < -0.3 is 14.8 Å². The Morgan fingerprint density at radius 1 is 1.29 bits per heavy atom. The van der Waals surface area contributed by atoms with Crippen LogP contribution in [0.5, 0.6) is 0 Å². The van der Waals surface area contributed by atoms with E-state index in [1.54, 1.807) is 0 Å². The Morgan fingerprint density at radius 3 is 2.62 bits per heavy atom. The van der Waals surface area contributed by atoms with Gasteiger partial charge in [-0.1, -0.05) is 43.7 Å². The van der Waals surface area contributed by atoms with Gasteiger partial charge in [0.25, 0.3) is 0 Å². The minimum atomic E-state index is -0.0540. The monoisotopic (exact) mass is 328 g/mol. The Balaban J connectivity index is 1.78. The summed E-state index contributed by atoms with van der Waals surface area (Å²) in [6, 6.07) is 10.6. The first-order valence-corrected chi connectivity index (χ1v) is 9.03. The molecule has 0 radical (unpaired) electrons. The summed E-state index contributed by atoms with van der Waals surface area (Å²) in [6.45, 7) is 4.99. The van der Waals surface area contributed by atoms with Crippen LogP contribution in [0.4, 0.5) is 0 Å². The summed E-state index contributed by atoms with van der Waals surface area (Å²) in [5.74, 6) is 1.73. The number of hydrogen-bond acceptors (Lipinski definition) is 4. The molecule has 3 rings (SSSR count). The van der Waals surface area contributed by atoms with Crippen molar-refractivity contribution in [2.45, 2.75) is 58.5 Å². The summed E-state index contributed by atoms with van der Waals surface area (Å²) in [7, 11) is 0. The van der Waals surface area contributed by atoms with Gasteiger partial charge in [0.2, 0.25) is 0 Å². The fourth-order valence-electron chi connectivity index (χ4n) is 3.67. The number of benzene rings is 1. The van der Waals surface area contributed by atoms with Crippen LogP contribution in [-0.4, -0.2) is 16.7 Å². The van der Waals surface area contributed by atoms with Gasteiger partial charge in [-0.3, -0.25) is 0 Å². The largest absolute Gasteiger partial charge is 0.444 e. The summed E-state index contributed by atoms with van der Waals surface area (Å²) in [5, 5.41) is 13.7. The van der Waals surface area contributed by atoms with E-state index in [1.807, 2.05) is 13.0 Å². The van der Waals surface area contributed by atoms with Gasteiger partial charge in [-0.2, -0.15) is 0 Å². The maximum absolute atomic E-state index is 10.0. The molecule has 1 aromatic heterocycles. The molecule has 0 bridgehead atoms. The third kappa shape index (κ3) is 3.40. The number of nitrogens with zero attached hydrogens (tertiary/aromatic N) is 1. The molecule has 130 valence electrons. The topological polar surface area (TPSA) is 58.3 Å². The molecule has 1 aliphatic rings. The van der Waals surface area contributed by atoms with E-state index in [9.17, 15) is 5.11 Å². The molecule has 1 fully saturated rings. The van der Waals surface area contributed by atoms with E-state index in [4.69, 9.17) is 4.42 Å². The zero-order valence-electron chi connectivity index (χ0n) is 14.7. The lowest BCUT2D eigenvalue weighted by Gasteiger charge is -2.47. The van der Waals surface area contributed by atoms with Crippen LogP contribution in [0.1, 0.15) is 61.6 Å². The van der Waals surface area contributed by atoms with Crippen LogP contribution in [0.2, 0.25) is 0 Å². The molecule has 1 saturated carbocycles. The molecule has 2 N–H and O–H groups in total. The first-order valence-electron chi connectivity index (χ1n) is 9.03. The van der Waals surface area contributed by atoms with Gasteiger partial charge >= 0.3 is 0 Å². The van der Waals surface area contributed by atoms with E-state index < -0.39 is 0 Å². The molecule has 4 heteroatoms. The average Bonchev–Trinajstić information content (AvgIpc) is 2.91. The van der Waals surface area contributed by atoms with Crippen molar-refractivity contribution in [3.63, 3.8) is 0 Å². The van der Waals surface area contributed by atoms with Crippen LogP contribution in [0, 0.1) is 12.3 Å². The minimum absolute atomic E-state index is 0.0540. The van der Waals surface area contributed by atoms with Gasteiger partial charge in [0.15, 0.2) is 5.89 Å². The Bertz CT molecular complexity index is 641. The maximum Gasteiger partial charge on any atom is 0.194 e. The fraction of sp³-hybridized carbons (Fsp3) is 0.550. The molecule has 0 amide bonds. The molecule has 0 spiro atoms. The number of hydrogen-bond donors (Lipinski definition) is 2. The Kier molecular flexibility index (Phi) is 5.36. The maximum atomic E-state index is 10.0. The second-order valence-electron chi connectivity index (χ2n) is 6.96. The van der Waals surface area contributed by atoms with E-state index in [1.165, 1.54) is 12.0 Å². The molecule has 2 aromatic rings. The molecular formula is C20H28N2O2. The number of aliphatic hydroxyl groups is 1. The van der Waals surface area contributed by atoms with Crippen LogP contribution in [0.25, 0.3) is 0 Å². The second-order valence-corrected chi connectivity index (χ2v) is 6.96. The van der Waals surface area contributed by atoms with E-state index in [-0.39, 0.29) is 18.1 Å². The molecule has 1 unspecified atom stereocenters. The molecular weight excluding hydrogens is 300 g/mol. The minimum Gasteiger partial charge on any atom is -0.444 e. The summed E-state index contributed by atoms with van der Waals surface area (Å²) in [4.78, 5) is 4.51. The number of aliphatic hydroxyl groups excluding tert-OH is 1. The fourth-order valence-corrected chi connectivity index (χ4v) is 3.67. The third-order valence-corrected chi connectivity index (χ3v) is 5.28. The highest BCUT2D eigenvalue weighted by Gasteiger charge is 2.44. The summed E-state index contributed by atoms with van der Waals surface area (Å²) in [5.41, 5.74) is 2.14. The smallest absolute Gasteiger partial charge is 0.194 e. The Morgan fingerprint density at radius 2 is 2.04 bits per heavy atom. The van der Waals surface area contributed by atoms with Gasteiger partial charge in [0.05, 0.1) is 18.8 Å². The first-order chi connectivity index (χ1) is 11.7. The molecule has 0 saturated heterocycles. The van der Waals surface area contributed by atoms with Crippen LogP contribution in [0.15, 0.2) is 34.7 Å². The van der Waals surface area contributed by atoms with Crippen molar-refractivity contribution in [3.05, 3.63) is 53.2 Å². The zero-order valence-corrected chi connectivity index (χ0v) is 14.7. The van der Waals surface area contributed by atoms with E-state index in [0.717, 1.165) is 43.0 Å². The Hall–Kier alpha value is -1.65. The van der Waals surface area contributed by atoms with Crippen molar-refractivity contribution in [1.82, 2.24) is 10.3 Å². The normalized spacial score (nSPS) is 17.5. The highest BCUT2D eigenvalue weighted by atomic mass is 16.4. The lowest BCUT2D eigenvalue weighted by atomic mass is 9.63.